The van der Waals surface area contributed by atoms with E-state index >= 15 is 0 Å². The molecule has 0 radical (unpaired) electrons. The first-order valence-electron chi connectivity index (χ1n) is 8.45. The zero-order chi connectivity index (χ0) is 22.3. The summed E-state index contributed by atoms with van der Waals surface area (Å²) in [6.45, 7) is 0.0526. The maximum atomic E-state index is 12.7. The van der Waals surface area contributed by atoms with Gasteiger partial charge in [0.25, 0.3) is 0 Å². The summed E-state index contributed by atoms with van der Waals surface area (Å²) < 4.78 is 10.5. The van der Waals surface area contributed by atoms with E-state index in [1.54, 1.807) is 0 Å². The van der Waals surface area contributed by atoms with E-state index in [-0.39, 0.29) is 43.9 Å². The van der Waals surface area contributed by atoms with Gasteiger partial charge in [-0.2, -0.15) is 11.8 Å². The van der Waals surface area contributed by atoms with Gasteiger partial charge < -0.3 is 14.8 Å². The van der Waals surface area contributed by atoms with Crippen LogP contribution < -0.4 is 10.1 Å². The van der Waals surface area contributed by atoms with Crippen molar-refractivity contribution in [3.8, 4) is 5.75 Å². The van der Waals surface area contributed by atoms with Crippen LogP contribution in [0.2, 0.25) is 25.1 Å². The van der Waals surface area contributed by atoms with Crippen LogP contribution in [0.25, 0.3) is 0 Å². The molecule has 0 aliphatic heterocycles. The fourth-order valence-corrected chi connectivity index (χ4v) is 3.91. The van der Waals surface area contributed by atoms with Crippen LogP contribution >= 0.6 is 69.8 Å². The number of benzene rings is 2. The minimum atomic E-state index is -1.01. The molecule has 11 heteroatoms. The second-order valence-electron chi connectivity index (χ2n) is 5.86. The van der Waals surface area contributed by atoms with Gasteiger partial charge in [0.05, 0.1) is 15.1 Å². The van der Waals surface area contributed by atoms with Crippen LogP contribution in [0.15, 0.2) is 30.3 Å². The summed E-state index contributed by atoms with van der Waals surface area (Å²) >= 11 is 31.6. The molecule has 0 aliphatic carbocycles. The number of hydrogen-bond donors (Lipinski definition) is 1. The van der Waals surface area contributed by atoms with Crippen LogP contribution in [0.3, 0.4) is 0 Å². The predicted octanol–water partition coefficient (Wildman–Crippen LogP) is 6.91. The highest BCUT2D eigenvalue weighted by atomic mass is 35.5. The van der Waals surface area contributed by atoms with E-state index in [0.29, 0.717) is 5.75 Å². The predicted molar refractivity (Wildman–Crippen MR) is 124 cm³/mol. The standard InChI is InChI=1S/C19H16Cl5NO4S/c1-30-8-7-11(25-19(27)28-9-10-5-3-2-4-6-10)18(26)29-17-15(23)13(21)12(20)14(22)16(17)24/h2-6,11H,7-9H2,1H3,(H,25,27)/t11-/m0/s1. The molecule has 1 N–H and O–H groups in total. The summed E-state index contributed by atoms with van der Waals surface area (Å²) in [5.74, 6) is -0.474. The summed E-state index contributed by atoms with van der Waals surface area (Å²) in [5.41, 5.74) is 0.805. The second kappa shape index (κ2) is 12.1. The van der Waals surface area contributed by atoms with Crippen LogP contribution in [0.4, 0.5) is 4.79 Å². The van der Waals surface area contributed by atoms with Gasteiger partial charge in [-0.25, -0.2) is 9.59 Å². The maximum Gasteiger partial charge on any atom is 0.408 e. The highest BCUT2D eigenvalue weighted by molar-refractivity contribution is 7.98. The molecule has 1 amide bonds. The van der Waals surface area contributed by atoms with Gasteiger partial charge in [0.15, 0.2) is 5.75 Å². The molecule has 2 rings (SSSR count). The van der Waals surface area contributed by atoms with E-state index in [4.69, 9.17) is 67.5 Å². The fraction of sp³-hybridized carbons (Fsp3) is 0.263. The molecular formula is C19H16Cl5NO4S. The largest absolute Gasteiger partial charge is 0.445 e. The van der Waals surface area contributed by atoms with Crippen LogP contribution in [0.5, 0.6) is 5.75 Å². The van der Waals surface area contributed by atoms with Gasteiger partial charge >= 0.3 is 12.1 Å². The Morgan fingerprint density at radius 3 is 2.10 bits per heavy atom. The van der Waals surface area contributed by atoms with Crippen LogP contribution in [-0.2, 0) is 16.1 Å². The van der Waals surface area contributed by atoms with Crippen molar-refractivity contribution in [2.45, 2.75) is 19.1 Å². The zero-order valence-corrected chi connectivity index (χ0v) is 20.1. The van der Waals surface area contributed by atoms with Gasteiger partial charge in [0, 0.05) is 0 Å². The molecule has 0 spiro atoms. The Hall–Kier alpha value is -1.02. The molecule has 0 saturated carbocycles. The highest BCUT2D eigenvalue weighted by Crippen LogP contribution is 2.48. The van der Waals surface area contributed by atoms with Gasteiger partial charge in [-0.1, -0.05) is 88.3 Å². The molecular weight excluding hydrogens is 516 g/mol. The number of nitrogens with one attached hydrogen (secondary N) is 1. The minimum absolute atomic E-state index is 0.0526. The quantitative estimate of drug-likeness (QED) is 0.174. The first-order valence-corrected chi connectivity index (χ1v) is 11.7. The molecule has 0 saturated heterocycles. The average molecular weight is 532 g/mol. The number of hydrogen-bond acceptors (Lipinski definition) is 5. The molecule has 0 aromatic heterocycles. The average Bonchev–Trinajstić information content (AvgIpc) is 2.75. The van der Waals surface area contributed by atoms with Gasteiger partial charge in [-0.3, -0.25) is 0 Å². The monoisotopic (exact) mass is 529 g/mol. The highest BCUT2D eigenvalue weighted by Gasteiger charge is 2.28. The third kappa shape index (κ3) is 6.74. The summed E-state index contributed by atoms with van der Waals surface area (Å²) in [6, 6.07) is 8.11. The first kappa shape index (κ1) is 25.2. The maximum absolute atomic E-state index is 12.7. The first-order chi connectivity index (χ1) is 14.3. The Kier molecular flexibility index (Phi) is 10.2. The third-order valence-electron chi connectivity index (χ3n) is 3.77. The van der Waals surface area contributed by atoms with E-state index in [1.807, 2.05) is 36.6 Å². The number of alkyl carbamates (subject to hydrolysis) is 1. The molecule has 1 atom stereocenters. The number of thioether (sulfide) groups is 1. The van der Waals surface area contributed by atoms with Crippen LogP contribution in [-0.4, -0.2) is 30.1 Å². The lowest BCUT2D eigenvalue weighted by Crippen LogP contribution is -2.43. The van der Waals surface area contributed by atoms with Crippen molar-refractivity contribution in [3.63, 3.8) is 0 Å². The van der Waals surface area contributed by atoms with E-state index in [0.717, 1.165) is 5.56 Å². The topological polar surface area (TPSA) is 64.6 Å². The van der Waals surface area contributed by atoms with E-state index in [2.05, 4.69) is 5.32 Å². The molecule has 0 unspecified atom stereocenters. The van der Waals surface area contributed by atoms with Crippen molar-refractivity contribution in [2.24, 2.45) is 0 Å². The smallest absolute Gasteiger partial charge is 0.408 e. The van der Waals surface area contributed by atoms with E-state index < -0.39 is 18.1 Å². The van der Waals surface area contributed by atoms with Crippen molar-refractivity contribution in [1.29, 1.82) is 0 Å². The molecule has 2 aromatic carbocycles. The molecule has 0 bridgehead atoms. The number of carbonyl (C=O) groups is 2. The lowest BCUT2D eigenvalue weighted by atomic mass is 10.2. The molecule has 2 aromatic rings. The van der Waals surface area contributed by atoms with E-state index in [1.165, 1.54) is 11.8 Å². The Morgan fingerprint density at radius 2 is 1.53 bits per heavy atom. The Morgan fingerprint density at radius 1 is 0.967 bits per heavy atom. The SMILES string of the molecule is CSCC[C@H](NC(=O)OCc1ccccc1)C(=O)Oc1c(Cl)c(Cl)c(Cl)c(Cl)c1Cl. The molecule has 5 nitrogen and oxygen atoms in total. The second-order valence-corrected chi connectivity index (χ2v) is 8.74. The van der Waals surface area contributed by atoms with Crippen molar-refractivity contribution in [1.82, 2.24) is 5.32 Å². The van der Waals surface area contributed by atoms with Crippen molar-refractivity contribution in [2.75, 3.05) is 12.0 Å². The number of ether oxygens (including phenoxy) is 2. The number of rotatable bonds is 8. The number of amides is 1. The fourth-order valence-electron chi connectivity index (χ4n) is 2.24. The molecule has 30 heavy (non-hydrogen) atoms. The van der Waals surface area contributed by atoms with Gasteiger partial charge in [-0.05, 0) is 24.0 Å². The summed E-state index contributed by atoms with van der Waals surface area (Å²) in [7, 11) is 0. The Bertz CT molecular complexity index is 885. The number of halogens is 5. The van der Waals surface area contributed by atoms with Crippen molar-refractivity contribution < 1.29 is 19.1 Å². The lowest BCUT2D eigenvalue weighted by molar-refractivity contribution is -0.136. The zero-order valence-electron chi connectivity index (χ0n) is 15.5. The van der Waals surface area contributed by atoms with E-state index in [9.17, 15) is 9.59 Å². The van der Waals surface area contributed by atoms with Crippen molar-refractivity contribution in [3.05, 3.63) is 61.0 Å². The van der Waals surface area contributed by atoms with Crippen molar-refractivity contribution >= 4 is 81.8 Å². The van der Waals surface area contributed by atoms with Crippen LogP contribution in [0, 0.1) is 0 Å². The van der Waals surface area contributed by atoms with Gasteiger partial charge in [0.1, 0.15) is 22.7 Å². The Balaban J connectivity index is 2.11. The van der Waals surface area contributed by atoms with Gasteiger partial charge in [-0.15, -0.1) is 0 Å². The third-order valence-corrected chi connectivity index (χ3v) is 6.66. The number of carbonyl (C=O) groups excluding carboxylic acids is 2. The summed E-state index contributed by atoms with van der Waals surface area (Å²) in [6.07, 6.45) is 1.37. The molecule has 0 heterocycles. The minimum Gasteiger partial charge on any atom is -0.445 e. The summed E-state index contributed by atoms with van der Waals surface area (Å²) in [4.78, 5) is 24.9. The summed E-state index contributed by atoms with van der Waals surface area (Å²) in [5, 5.41) is 1.89. The molecule has 0 fully saturated rings. The van der Waals surface area contributed by atoms with Crippen LogP contribution in [0.1, 0.15) is 12.0 Å². The number of esters is 1. The lowest BCUT2D eigenvalue weighted by Gasteiger charge is -2.19. The Labute approximate surface area is 203 Å². The van der Waals surface area contributed by atoms with Gasteiger partial charge in [0.2, 0.25) is 0 Å². The normalized spacial score (nSPS) is 11.7. The molecule has 0 aliphatic rings. The molecule has 162 valence electrons.